The molecule has 0 bridgehead atoms. The molecule has 5 nitrogen and oxygen atoms in total. The average molecular weight is 363 g/mol. The van der Waals surface area contributed by atoms with Crippen molar-refractivity contribution in [2.45, 2.75) is 12.3 Å². The fourth-order valence-electron chi connectivity index (χ4n) is 3.83. The van der Waals surface area contributed by atoms with E-state index < -0.39 is 0 Å². The van der Waals surface area contributed by atoms with Crippen molar-refractivity contribution in [1.29, 1.82) is 0 Å². The van der Waals surface area contributed by atoms with E-state index >= 15 is 0 Å². The van der Waals surface area contributed by atoms with Gasteiger partial charge in [0.05, 0.1) is 27.0 Å². The molecular formula is C22H21NO4. The van der Waals surface area contributed by atoms with E-state index in [1.165, 1.54) is 5.39 Å². The van der Waals surface area contributed by atoms with Crippen LogP contribution < -0.4 is 19.5 Å². The summed E-state index contributed by atoms with van der Waals surface area (Å²) in [5.74, 6) is 1.47. The number of carbonyl (C=O) groups is 1. The van der Waals surface area contributed by atoms with Crippen LogP contribution in [0.1, 0.15) is 23.5 Å². The quantitative estimate of drug-likeness (QED) is 0.749. The maximum Gasteiger partial charge on any atom is 0.225 e. The van der Waals surface area contributed by atoms with Gasteiger partial charge in [-0.3, -0.25) is 4.79 Å². The van der Waals surface area contributed by atoms with E-state index in [4.69, 9.17) is 14.2 Å². The van der Waals surface area contributed by atoms with Crippen molar-refractivity contribution in [2.75, 3.05) is 26.6 Å². The van der Waals surface area contributed by atoms with Gasteiger partial charge < -0.3 is 19.5 Å². The number of carbonyl (C=O) groups excluding carboxylic acids is 1. The van der Waals surface area contributed by atoms with Crippen LogP contribution >= 0.6 is 0 Å². The molecule has 3 aromatic carbocycles. The van der Waals surface area contributed by atoms with Crippen LogP contribution in [-0.4, -0.2) is 27.2 Å². The molecule has 1 aliphatic rings. The van der Waals surface area contributed by atoms with Gasteiger partial charge in [-0.1, -0.05) is 42.5 Å². The molecule has 138 valence electrons. The average Bonchev–Trinajstić information content (AvgIpc) is 2.71. The molecule has 1 N–H and O–H groups in total. The van der Waals surface area contributed by atoms with Gasteiger partial charge in [0, 0.05) is 24.0 Å². The molecule has 1 atom stereocenters. The topological polar surface area (TPSA) is 56.8 Å². The highest BCUT2D eigenvalue weighted by atomic mass is 16.5. The van der Waals surface area contributed by atoms with Gasteiger partial charge in [0.25, 0.3) is 0 Å². The number of ether oxygens (including phenoxy) is 3. The van der Waals surface area contributed by atoms with Crippen LogP contribution in [0.25, 0.3) is 10.8 Å². The third-order valence-corrected chi connectivity index (χ3v) is 5.06. The lowest BCUT2D eigenvalue weighted by Crippen LogP contribution is -2.24. The Labute approximate surface area is 157 Å². The number of methoxy groups -OCH3 is 3. The van der Waals surface area contributed by atoms with Crippen LogP contribution in [0.4, 0.5) is 5.69 Å². The zero-order valence-electron chi connectivity index (χ0n) is 15.5. The summed E-state index contributed by atoms with van der Waals surface area (Å²) in [6.07, 6.45) is 0.344. The molecule has 0 saturated carbocycles. The maximum atomic E-state index is 12.4. The molecule has 1 amide bonds. The van der Waals surface area contributed by atoms with Gasteiger partial charge in [0.15, 0.2) is 11.5 Å². The highest BCUT2D eigenvalue weighted by Crippen LogP contribution is 2.51. The Bertz CT molecular complexity index is 1030. The number of anilines is 1. The summed E-state index contributed by atoms with van der Waals surface area (Å²) in [6, 6.07) is 16.3. The van der Waals surface area contributed by atoms with Crippen LogP contribution in [-0.2, 0) is 4.79 Å². The Morgan fingerprint density at radius 1 is 0.889 bits per heavy atom. The number of fused-ring (bicyclic) bond motifs is 2. The van der Waals surface area contributed by atoms with E-state index in [0.29, 0.717) is 29.4 Å². The number of nitrogens with one attached hydrogen (secondary N) is 1. The SMILES string of the molecule is COc1cc2c(c(OC)c1OC)C(c1ccc3ccccc3c1)CC(=O)N2. The minimum absolute atomic E-state index is 0.0325. The molecule has 0 fully saturated rings. The summed E-state index contributed by atoms with van der Waals surface area (Å²) in [6.45, 7) is 0. The molecule has 4 rings (SSSR count). The number of hydrogen-bond acceptors (Lipinski definition) is 4. The van der Waals surface area contributed by atoms with E-state index in [9.17, 15) is 4.79 Å². The third-order valence-electron chi connectivity index (χ3n) is 5.06. The molecule has 0 aliphatic carbocycles. The Morgan fingerprint density at radius 3 is 2.33 bits per heavy atom. The Morgan fingerprint density at radius 2 is 1.63 bits per heavy atom. The summed E-state index contributed by atoms with van der Waals surface area (Å²) >= 11 is 0. The van der Waals surface area contributed by atoms with Gasteiger partial charge in [-0.05, 0) is 16.3 Å². The second-order valence-corrected chi connectivity index (χ2v) is 6.52. The molecule has 1 unspecified atom stereocenters. The van der Waals surface area contributed by atoms with Crippen molar-refractivity contribution < 1.29 is 19.0 Å². The van der Waals surface area contributed by atoms with Crippen molar-refractivity contribution >= 4 is 22.4 Å². The first kappa shape index (κ1) is 17.2. The second-order valence-electron chi connectivity index (χ2n) is 6.52. The Hall–Kier alpha value is -3.21. The van der Waals surface area contributed by atoms with Crippen molar-refractivity contribution in [3.63, 3.8) is 0 Å². The fraction of sp³-hybridized carbons (Fsp3) is 0.227. The monoisotopic (exact) mass is 363 g/mol. The van der Waals surface area contributed by atoms with Crippen molar-refractivity contribution in [2.24, 2.45) is 0 Å². The lowest BCUT2D eigenvalue weighted by Gasteiger charge is -2.29. The molecule has 3 aromatic rings. The summed E-state index contributed by atoms with van der Waals surface area (Å²) in [5.41, 5.74) is 2.67. The van der Waals surface area contributed by atoms with E-state index in [0.717, 1.165) is 16.5 Å². The number of amides is 1. The summed E-state index contributed by atoms with van der Waals surface area (Å²) in [7, 11) is 4.75. The standard InChI is InChI=1S/C22H21NO4/c1-25-18-12-17-20(22(27-3)21(18)26-2)16(11-19(24)23-17)15-9-8-13-6-4-5-7-14(13)10-15/h4-10,12,16H,11H2,1-3H3,(H,23,24). The third kappa shape index (κ3) is 2.85. The zero-order chi connectivity index (χ0) is 19.0. The van der Waals surface area contributed by atoms with Crippen LogP contribution in [0.15, 0.2) is 48.5 Å². The minimum Gasteiger partial charge on any atom is -0.493 e. The van der Waals surface area contributed by atoms with Crippen molar-refractivity contribution in [1.82, 2.24) is 0 Å². The summed E-state index contributed by atoms with van der Waals surface area (Å²) in [5, 5.41) is 5.25. The largest absolute Gasteiger partial charge is 0.493 e. The van der Waals surface area contributed by atoms with Gasteiger partial charge in [-0.25, -0.2) is 0 Å². The molecule has 5 heteroatoms. The molecule has 0 saturated heterocycles. The van der Waals surface area contributed by atoms with Gasteiger partial charge in [-0.15, -0.1) is 0 Å². The van der Waals surface area contributed by atoms with Gasteiger partial charge in [0.2, 0.25) is 11.7 Å². The first-order chi connectivity index (χ1) is 13.2. The molecule has 27 heavy (non-hydrogen) atoms. The lowest BCUT2D eigenvalue weighted by molar-refractivity contribution is -0.116. The number of benzene rings is 3. The first-order valence-corrected chi connectivity index (χ1v) is 8.77. The predicted octanol–water partition coefficient (Wildman–Crippen LogP) is 4.34. The summed E-state index contributed by atoms with van der Waals surface area (Å²) in [4.78, 5) is 12.4. The van der Waals surface area contributed by atoms with E-state index in [1.807, 2.05) is 12.1 Å². The first-order valence-electron chi connectivity index (χ1n) is 8.77. The summed E-state index contributed by atoms with van der Waals surface area (Å²) < 4.78 is 16.7. The van der Waals surface area contributed by atoms with Gasteiger partial charge in [-0.2, -0.15) is 0 Å². The number of hydrogen-bond donors (Lipinski definition) is 1. The Balaban J connectivity index is 1.94. The molecule has 1 aliphatic heterocycles. The van der Waals surface area contributed by atoms with Gasteiger partial charge in [0.1, 0.15) is 0 Å². The zero-order valence-corrected chi connectivity index (χ0v) is 15.5. The number of rotatable bonds is 4. The molecule has 0 spiro atoms. The predicted molar refractivity (Wildman–Crippen MR) is 105 cm³/mol. The minimum atomic E-state index is -0.131. The maximum absolute atomic E-state index is 12.4. The highest BCUT2D eigenvalue weighted by molar-refractivity contribution is 5.97. The highest BCUT2D eigenvalue weighted by Gasteiger charge is 2.33. The van der Waals surface area contributed by atoms with E-state index in [-0.39, 0.29) is 11.8 Å². The van der Waals surface area contributed by atoms with Gasteiger partial charge >= 0.3 is 0 Å². The van der Waals surface area contributed by atoms with Crippen LogP contribution in [0.2, 0.25) is 0 Å². The van der Waals surface area contributed by atoms with E-state index in [2.05, 4.69) is 35.6 Å². The molecular weight excluding hydrogens is 342 g/mol. The normalized spacial score (nSPS) is 15.8. The van der Waals surface area contributed by atoms with E-state index in [1.54, 1.807) is 27.4 Å². The van der Waals surface area contributed by atoms with Crippen molar-refractivity contribution in [3.05, 3.63) is 59.7 Å². The van der Waals surface area contributed by atoms with Crippen LogP contribution in [0.3, 0.4) is 0 Å². The van der Waals surface area contributed by atoms with Crippen LogP contribution in [0.5, 0.6) is 17.2 Å². The smallest absolute Gasteiger partial charge is 0.225 e. The molecule has 0 aromatic heterocycles. The lowest BCUT2D eigenvalue weighted by atomic mass is 9.83. The molecule has 0 radical (unpaired) electrons. The molecule has 1 heterocycles. The fourth-order valence-corrected chi connectivity index (χ4v) is 3.83. The Kier molecular flexibility index (Phi) is 4.36. The van der Waals surface area contributed by atoms with Crippen LogP contribution in [0, 0.1) is 0 Å². The second kappa shape index (κ2) is 6.83. The van der Waals surface area contributed by atoms with Crippen molar-refractivity contribution in [3.8, 4) is 17.2 Å².